The fraction of sp³-hybridized carbons (Fsp3) is 0.292. The number of anilines is 1. The molecule has 7 nitrogen and oxygen atoms in total. The monoisotopic (exact) mass is 450 g/mol. The third-order valence-electron chi connectivity index (χ3n) is 5.76. The maximum Gasteiger partial charge on any atom is 0.283 e. The number of benzene rings is 2. The molecule has 32 heavy (non-hydrogen) atoms. The summed E-state index contributed by atoms with van der Waals surface area (Å²) in [5, 5.41) is 14.0. The third kappa shape index (κ3) is 5.15. The van der Waals surface area contributed by atoms with Gasteiger partial charge in [-0.15, -0.1) is 11.3 Å². The molecule has 0 spiro atoms. The molecule has 1 fully saturated rings. The molecular weight excluding hydrogens is 424 g/mol. The molecule has 0 saturated carbocycles. The molecule has 2 heterocycles. The summed E-state index contributed by atoms with van der Waals surface area (Å²) >= 11 is 1.15. The molecule has 1 aliphatic rings. The van der Waals surface area contributed by atoms with E-state index in [1.165, 1.54) is 17.3 Å². The van der Waals surface area contributed by atoms with Crippen molar-refractivity contribution in [1.82, 2.24) is 10.2 Å². The van der Waals surface area contributed by atoms with Crippen molar-refractivity contribution >= 4 is 28.6 Å². The number of nitro groups is 1. The molecule has 4 rings (SSSR count). The second-order valence-electron chi connectivity index (χ2n) is 7.86. The third-order valence-corrected chi connectivity index (χ3v) is 6.80. The Morgan fingerprint density at radius 2 is 1.69 bits per heavy atom. The molecule has 1 amide bonds. The van der Waals surface area contributed by atoms with E-state index in [1.807, 2.05) is 24.3 Å². The molecule has 0 unspecified atom stereocenters. The highest BCUT2D eigenvalue weighted by molar-refractivity contribution is 7.14. The van der Waals surface area contributed by atoms with Gasteiger partial charge in [0.1, 0.15) is 0 Å². The van der Waals surface area contributed by atoms with Gasteiger partial charge in [0.05, 0.1) is 14.7 Å². The summed E-state index contributed by atoms with van der Waals surface area (Å²) in [5.74, 6) is -0.280. The standard InChI is InChI=1S/C24H26N4O3S/c1-18-22(28(30)31)15-23(32-18)24(29)25-16-19-7-5-6-8-20(19)17-26-11-13-27(14-12-26)21-9-3-2-4-10-21/h2-10,15H,11-14,16-17H2,1H3,(H,25,29). The van der Waals surface area contributed by atoms with Gasteiger partial charge in [-0.1, -0.05) is 42.5 Å². The molecule has 0 atom stereocenters. The number of rotatable bonds is 7. The molecule has 0 aliphatic carbocycles. The number of aryl methyl sites for hydroxylation is 1. The summed E-state index contributed by atoms with van der Waals surface area (Å²) in [5.41, 5.74) is 3.51. The molecule has 8 heteroatoms. The quantitative estimate of drug-likeness (QED) is 0.431. The van der Waals surface area contributed by atoms with Gasteiger partial charge in [-0.3, -0.25) is 19.8 Å². The van der Waals surface area contributed by atoms with E-state index in [1.54, 1.807) is 6.92 Å². The van der Waals surface area contributed by atoms with E-state index in [0.29, 0.717) is 16.3 Å². The molecule has 166 valence electrons. The van der Waals surface area contributed by atoms with Crippen LogP contribution in [0, 0.1) is 17.0 Å². The number of carbonyl (C=O) groups excluding carboxylic acids is 1. The van der Waals surface area contributed by atoms with Crippen LogP contribution in [0.25, 0.3) is 0 Å². The van der Waals surface area contributed by atoms with Crippen molar-refractivity contribution < 1.29 is 9.72 Å². The summed E-state index contributed by atoms with van der Waals surface area (Å²) < 4.78 is 0. The first-order chi connectivity index (χ1) is 15.5. The summed E-state index contributed by atoms with van der Waals surface area (Å²) in [6, 6.07) is 20.0. The van der Waals surface area contributed by atoms with E-state index in [0.717, 1.165) is 49.6 Å². The number of thiophene rings is 1. The lowest BCUT2D eigenvalue weighted by atomic mass is 10.1. The highest BCUT2D eigenvalue weighted by Gasteiger charge is 2.20. The zero-order chi connectivity index (χ0) is 22.5. The van der Waals surface area contributed by atoms with E-state index >= 15 is 0 Å². The smallest absolute Gasteiger partial charge is 0.283 e. The molecule has 1 aromatic heterocycles. The van der Waals surface area contributed by atoms with Gasteiger partial charge >= 0.3 is 0 Å². The van der Waals surface area contributed by atoms with Crippen molar-refractivity contribution in [3.05, 3.63) is 91.7 Å². The van der Waals surface area contributed by atoms with Crippen LogP contribution in [0.4, 0.5) is 11.4 Å². The minimum atomic E-state index is -0.449. The van der Waals surface area contributed by atoms with Crippen molar-refractivity contribution in [3.63, 3.8) is 0 Å². The second-order valence-corrected chi connectivity index (χ2v) is 9.12. The van der Waals surface area contributed by atoms with Crippen molar-refractivity contribution in [3.8, 4) is 0 Å². The molecule has 1 N–H and O–H groups in total. The lowest BCUT2D eigenvalue weighted by molar-refractivity contribution is -0.385. The molecule has 0 bridgehead atoms. The number of nitrogens with one attached hydrogen (secondary N) is 1. The van der Waals surface area contributed by atoms with Crippen molar-refractivity contribution in [2.24, 2.45) is 0 Å². The van der Waals surface area contributed by atoms with Gasteiger partial charge in [0.2, 0.25) is 0 Å². The summed E-state index contributed by atoms with van der Waals surface area (Å²) in [4.78, 5) is 28.9. The Morgan fingerprint density at radius 1 is 1.03 bits per heavy atom. The van der Waals surface area contributed by atoms with E-state index in [9.17, 15) is 14.9 Å². The van der Waals surface area contributed by atoms with E-state index < -0.39 is 4.92 Å². The predicted molar refractivity (Wildman–Crippen MR) is 127 cm³/mol. The lowest BCUT2D eigenvalue weighted by Gasteiger charge is -2.36. The van der Waals surface area contributed by atoms with E-state index in [4.69, 9.17) is 0 Å². The molecule has 0 radical (unpaired) electrons. The molecule has 1 saturated heterocycles. The number of amides is 1. The number of para-hydroxylation sites is 1. The Kier molecular flexibility index (Phi) is 6.82. The fourth-order valence-electron chi connectivity index (χ4n) is 3.96. The molecular formula is C24H26N4O3S. The van der Waals surface area contributed by atoms with Crippen LogP contribution in [0.5, 0.6) is 0 Å². The van der Waals surface area contributed by atoms with Crippen LogP contribution in [0.2, 0.25) is 0 Å². The SMILES string of the molecule is Cc1sc(C(=O)NCc2ccccc2CN2CCN(c3ccccc3)CC2)cc1[N+](=O)[O-]. The first-order valence-corrected chi connectivity index (χ1v) is 11.4. The average Bonchev–Trinajstić information content (AvgIpc) is 3.21. The number of carbonyl (C=O) groups is 1. The Balaban J connectivity index is 1.35. The Labute approximate surface area is 191 Å². The Hall–Kier alpha value is -3.23. The number of hydrogen-bond donors (Lipinski definition) is 1. The van der Waals surface area contributed by atoms with Gasteiger partial charge < -0.3 is 10.2 Å². The molecule has 2 aromatic carbocycles. The number of hydrogen-bond acceptors (Lipinski definition) is 6. The Bertz CT molecular complexity index is 1090. The molecule has 1 aliphatic heterocycles. The zero-order valence-corrected chi connectivity index (χ0v) is 18.8. The summed E-state index contributed by atoms with van der Waals surface area (Å²) in [6.45, 7) is 6.81. The van der Waals surface area contributed by atoms with Gasteiger partial charge in [-0.05, 0) is 30.2 Å². The first-order valence-electron chi connectivity index (χ1n) is 10.6. The zero-order valence-electron chi connectivity index (χ0n) is 18.0. The van der Waals surface area contributed by atoms with Crippen LogP contribution in [0.15, 0.2) is 60.7 Å². The van der Waals surface area contributed by atoms with Crippen LogP contribution in [-0.2, 0) is 13.1 Å². The van der Waals surface area contributed by atoms with Crippen LogP contribution in [-0.4, -0.2) is 41.9 Å². The highest BCUT2D eigenvalue weighted by atomic mass is 32.1. The van der Waals surface area contributed by atoms with Crippen LogP contribution in [0.3, 0.4) is 0 Å². The van der Waals surface area contributed by atoms with Gasteiger partial charge in [-0.2, -0.15) is 0 Å². The molecule has 3 aromatic rings. The topological polar surface area (TPSA) is 78.7 Å². The maximum atomic E-state index is 12.5. The van der Waals surface area contributed by atoms with Gasteiger partial charge in [0, 0.05) is 51.0 Å². The van der Waals surface area contributed by atoms with Gasteiger partial charge in [0.25, 0.3) is 11.6 Å². The Morgan fingerprint density at radius 3 is 2.34 bits per heavy atom. The fourth-order valence-corrected chi connectivity index (χ4v) is 4.86. The van der Waals surface area contributed by atoms with Crippen molar-refractivity contribution in [1.29, 1.82) is 0 Å². The second kappa shape index (κ2) is 9.93. The lowest BCUT2D eigenvalue weighted by Crippen LogP contribution is -2.46. The van der Waals surface area contributed by atoms with Crippen molar-refractivity contribution in [2.45, 2.75) is 20.0 Å². The predicted octanol–water partition coefficient (Wildman–Crippen LogP) is 4.22. The summed E-state index contributed by atoms with van der Waals surface area (Å²) in [6.07, 6.45) is 0. The minimum absolute atomic E-state index is 0.00445. The number of nitrogens with zero attached hydrogens (tertiary/aromatic N) is 3. The van der Waals surface area contributed by atoms with Crippen LogP contribution in [0.1, 0.15) is 25.7 Å². The largest absolute Gasteiger partial charge is 0.369 e. The van der Waals surface area contributed by atoms with E-state index in [-0.39, 0.29) is 11.6 Å². The van der Waals surface area contributed by atoms with Crippen LogP contribution >= 0.6 is 11.3 Å². The van der Waals surface area contributed by atoms with Gasteiger partial charge in [0.15, 0.2) is 0 Å². The first kappa shape index (κ1) is 22.0. The highest BCUT2D eigenvalue weighted by Crippen LogP contribution is 2.28. The minimum Gasteiger partial charge on any atom is -0.369 e. The van der Waals surface area contributed by atoms with E-state index in [2.05, 4.69) is 45.4 Å². The van der Waals surface area contributed by atoms with Crippen LogP contribution < -0.4 is 10.2 Å². The van der Waals surface area contributed by atoms with Gasteiger partial charge in [-0.25, -0.2) is 0 Å². The average molecular weight is 451 g/mol. The maximum absolute atomic E-state index is 12.5. The van der Waals surface area contributed by atoms with Crippen molar-refractivity contribution in [2.75, 3.05) is 31.1 Å². The summed E-state index contributed by atoms with van der Waals surface area (Å²) in [7, 11) is 0. The number of piperazine rings is 1. The normalized spacial score (nSPS) is 14.3.